The minimum atomic E-state index is -0.214. The lowest BCUT2D eigenvalue weighted by Gasteiger charge is -2.25. The number of para-hydroxylation sites is 2. The van der Waals surface area contributed by atoms with Crippen molar-refractivity contribution >= 4 is 5.69 Å². The van der Waals surface area contributed by atoms with Crippen molar-refractivity contribution in [3.8, 4) is 5.75 Å². The molecule has 0 saturated heterocycles. The molecule has 2 N–H and O–H groups in total. The van der Waals surface area contributed by atoms with Crippen LogP contribution >= 0.6 is 0 Å². The van der Waals surface area contributed by atoms with Crippen molar-refractivity contribution in [3.05, 3.63) is 60.4 Å². The molecule has 21 heavy (non-hydrogen) atoms. The number of benzene rings is 2. The lowest BCUT2D eigenvalue weighted by molar-refractivity contribution is 0.323. The molecule has 2 aromatic rings. The van der Waals surface area contributed by atoms with Crippen molar-refractivity contribution in [3.63, 3.8) is 0 Å². The van der Waals surface area contributed by atoms with E-state index in [1.54, 1.807) is 12.1 Å². The number of nitrogens with two attached hydrogens (primary N) is 1. The van der Waals surface area contributed by atoms with Gasteiger partial charge in [0.1, 0.15) is 18.2 Å². The van der Waals surface area contributed by atoms with Gasteiger partial charge in [-0.2, -0.15) is 0 Å². The molecule has 0 unspecified atom stereocenters. The first-order valence-electron chi connectivity index (χ1n) is 7.18. The third-order valence-corrected chi connectivity index (χ3v) is 3.20. The van der Waals surface area contributed by atoms with Gasteiger partial charge in [0.05, 0.1) is 12.2 Å². The summed E-state index contributed by atoms with van der Waals surface area (Å²) in [5.74, 6) is 0.610. The maximum atomic E-state index is 13.9. The summed E-state index contributed by atoms with van der Waals surface area (Å²) < 4.78 is 19.6. The zero-order chi connectivity index (χ0) is 14.9. The number of halogens is 1. The van der Waals surface area contributed by atoms with Crippen LogP contribution in [0.2, 0.25) is 0 Å². The number of hydrogen-bond donors (Lipinski definition) is 1. The highest BCUT2D eigenvalue weighted by atomic mass is 19.1. The third kappa shape index (κ3) is 4.76. The fourth-order valence-electron chi connectivity index (χ4n) is 2.13. The molecule has 0 aliphatic carbocycles. The van der Waals surface area contributed by atoms with Gasteiger partial charge >= 0.3 is 0 Å². The Hall–Kier alpha value is -2.07. The summed E-state index contributed by atoms with van der Waals surface area (Å²) >= 11 is 0. The molecule has 0 atom stereocenters. The van der Waals surface area contributed by atoms with Gasteiger partial charge in [-0.1, -0.05) is 30.3 Å². The number of ether oxygens (including phenoxy) is 1. The van der Waals surface area contributed by atoms with Gasteiger partial charge < -0.3 is 15.4 Å². The summed E-state index contributed by atoms with van der Waals surface area (Å²) in [6, 6.07) is 16.4. The van der Waals surface area contributed by atoms with E-state index in [1.807, 2.05) is 41.3 Å². The standard InChI is InChI=1S/C17H21FN2O/c18-16-9-4-5-10-17(16)20(12-6-11-19)13-14-21-15-7-2-1-3-8-15/h1-5,7-10H,6,11-14,19H2. The molecule has 0 heterocycles. The van der Waals surface area contributed by atoms with Crippen LogP contribution < -0.4 is 15.4 Å². The lowest BCUT2D eigenvalue weighted by Crippen LogP contribution is -2.31. The van der Waals surface area contributed by atoms with Gasteiger partial charge in [0.15, 0.2) is 0 Å². The molecule has 0 spiro atoms. The average Bonchev–Trinajstić information content (AvgIpc) is 2.52. The Morgan fingerprint density at radius 3 is 2.38 bits per heavy atom. The predicted octanol–water partition coefficient (Wildman–Crippen LogP) is 3.06. The van der Waals surface area contributed by atoms with Crippen molar-refractivity contribution < 1.29 is 9.13 Å². The zero-order valence-electron chi connectivity index (χ0n) is 12.0. The molecule has 0 bridgehead atoms. The molecule has 0 fully saturated rings. The van der Waals surface area contributed by atoms with Gasteiger partial charge in [0.25, 0.3) is 0 Å². The van der Waals surface area contributed by atoms with Crippen LogP contribution in [0.3, 0.4) is 0 Å². The molecule has 0 saturated carbocycles. The molecule has 2 rings (SSSR count). The Labute approximate surface area is 125 Å². The predicted molar refractivity (Wildman–Crippen MR) is 84.2 cm³/mol. The maximum Gasteiger partial charge on any atom is 0.146 e. The third-order valence-electron chi connectivity index (χ3n) is 3.20. The number of hydrogen-bond acceptors (Lipinski definition) is 3. The zero-order valence-corrected chi connectivity index (χ0v) is 12.0. The lowest BCUT2D eigenvalue weighted by atomic mass is 10.2. The van der Waals surface area contributed by atoms with E-state index in [9.17, 15) is 4.39 Å². The summed E-state index contributed by atoms with van der Waals surface area (Å²) in [4.78, 5) is 1.98. The number of rotatable bonds is 8. The van der Waals surface area contributed by atoms with Crippen molar-refractivity contribution in [2.45, 2.75) is 6.42 Å². The van der Waals surface area contributed by atoms with E-state index < -0.39 is 0 Å². The monoisotopic (exact) mass is 288 g/mol. The van der Waals surface area contributed by atoms with E-state index in [2.05, 4.69) is 0 Å². The Morgan fingerprint density at radius 1 is 0.952 bits per heavy atom. The molecule has 0 aliphatic rings. The maximum absolute atomic E-state index is 13.9. The van der Waals surface area contributed by atoms with Crippen molar-refractivity contribution in [1.82, 2.24) is 0 Å². The smallest absolute Gasteiger partial charge is 0.146 e. The van der Waals surface area contributed by atoms with Gasteiger partial charge in [0.2, 0.25) is 0 Å². The van der Waals surface area contributed by atoms with Crippen LogP contribution in [0.15, 0.2) is 54.6 Å². The second kappa shape index (κ2) is 8.27. The minimum Gasteiger partial charge on any atom is -0.492 e. The van der Waals surface area contributed by atoms with Crippen LogP contribution in [0.5, 0.6) is 5.75 Å². The molecule has 4 heteroatoms. The SMILES string of the molecule is NCCCN(CCOc1ccccc1)c1ccccc1F. The molecule has 0 aromatic heterocycles. The average molecular weight is 288 g/mol. The van der Waals surface area contributed by atoms with E-state index in [4.69, 9.17) is 10.5 Å². The summed E-state index contributed by atoms with van der Waals surface area (Å²) in [5.41, 5.74) is 6.16. The highest BCUT2D eigenvalue weighted by molar-refractivity contribution is 5.47. The minimum absolute atomic E-state index is 0.214. The van der Waals surface area contributed by atoms with Crippen LogP contribution in [-0.2, 0) is 0 Å². The highest BCUT2D eigenvalue weighted by Crippen LogP contribution is 2.19. The van der Waals surface area contributed by atoms with E-state index in [0.717, 1.165) is 18.7 Å². The molecule has 0 amide bonds. The van der Waals surface area contributed by atoms with Gasteiger partial charge in [0, 0.05) is 6.54 Å². The molecule has 2 aromatic carbocycles. The van der Waals surface area contributed by atoms with E-state index >= 15 is 0 Å². The van der Waals surface area contributed by atoms with E-state index in [0.29, 0.717) is 25.4 Å². The summed E-state index contributed by atoms with van der Waals surface area (Å²) in [5, 5.41) is 0. The first-order valence-corrected chi connectivity index (χ1v) is 7.18. The summed E-state index contributed by atoms with van der Waals surface area (Å²) in [7, 11) is 0. The van der Waals surface area contributed by atoms with Crippen molar-refractivity contribution in [2.24, 2.45) is 5.73 Å². The van der Waals surface area contributed by atoms with Crippen LogP contribution in [-0.4, -0.2) is 26.2 Å². The fraction of sp³-hybridized carbons (Fsp3) is 0.294. The van der Waals surface area contributed by atoms with Crippen molar-refractivity contribution in [1.29, 1.82) is 0 Å². The highest BCUT2D eigenvalue weighted by Gasteiger charge is 2.10. The van der Waals surface area contributed by atoms with Crippen LogP contribution in [0.1, 0.15) is 6.42 Å². The van der Waals surface area contributed by atoms with E-state index in [-0.39, 0.29) is 5.82 Å². The Bertz CT molecular complexity index is 533. The van der Waals surface area contributed by atoms with E-state index in [1.165, 1.54) is 6.07 Å². The molecule has 0 aliphatic heterocycles. The number of anilines is 1. The van der Waals surface area contributed by atoms with Gasteiger partial charge in [-0.15, -0.1) is 0 Å². The Morgan fingerprint density at radius 2 is 1.67 bits per heavy atom. The van der Waals surface area contributed by atoms with Crippen molar-refractivity contribution in [2.75, 3.05) is 31.1 Å². The van der Waals surface area contributed by atoms with Gasteiger partial charge in [-0.05, 0) is 37.2 Å². The normalized spacial score (nSPS) is 10.4. The first kappa shape index (κ1) is 15.3. The second-order valence-electron chi connectivity index (χ2n) is 4.74. The summed E-state index contributed by atoms with van der Waals surface area (Å²) in [6.45, 7) is 2.43. The Kier molecular flexibility index (Phi) is 6.03. The molecule has 112 valence electrons. The molecule has 3 nitrogen and oxygen atoms in total. The topological polar surface area (TPSA) is 38.5 Å². The van der Waals surface area contributed by atoms with Gasteiger partial charge in [-0.25, -0.2) is 4.39 Å². The van der Waals surface area contributed by atoms with Crippen LogP contribution in [0.4, 0.5) is 10.1 Å². The quantitative estimate of drug-likeness (QED) is 0.811. The Balaban J connectivity index is 1.95. The number of nitrogens with zero attached hydrogens (tertiary/aromatic N) is 1. The largest absolute Gasteiger partial charge is 0.492 e. The molecular weight excluding hydrogens is 267 g/mol. The summed E-state index contributed by atoms with van der Waals surface area (Å²) in [6.07, 6.45) is 0.819. The fourth-order valence-corrected chi connectivity index (χ4v) is 2.13. The van der Waals surface area contributed by atoms with Crippen LogP contribution in [0.25, 0.3) is 0 Å². The second-order valence-corrected chi connectivity index (χ2v) is 4.74. The molecular formula is C17H21FN2O. The van der Waals surface area contributed by atoms with Gasteiger partial charge in [-0.3, -0.25) is 0 Å². The first-order chi connectivity index (χ1) is 10.3. The molecule has 0 radical (unpaired) electrons. The van der Waals surface area contributed by atoms with Crippen LogP contribution in [0, 0.1) is 5.82 Å².